The van der Waals surface area contributed by atoms with Gasteiger partial charge in [0, 0.05) is 11.1 Å². The maximum atomic E-state index is 14.0. The average Bonchev–Trinajstić information content (AvgIpc) is 2.95. The molecule has 0 saturated heterocycles. The van der Waals surface area contributed by atoms with E-state index in [1.807, 2.05) is 6.07 Å². The first kappa shape index (κ1) is 28.2. The zero-order chi connectivity index (χ0) is 28.2. The molecule has 0 spiro atoms. The Hall–Kier alpha value is -3.83. The van der Waals surface area contributed by atoms with Crippen LogP contribution in [-0.4, -0.2) is 55.4 Å². The molecule has 3 aromatic carbocycles. The predicted octanol–water partition coefficient (Wildman–Crippen LogP) is 4.21. The lowest BCUT2D eigenvalue weighted by molar-refractivity contribution is -0.120. The number of anilines is 1. The van der Waals surface area contributed by atoms with Crippen molar-refractivity contribution in [2.45, 2.75) is 17.9 Å². The van der Waals surface area contributed by atoms with Gasteiger partial charge in [0.25, 0.3) is 10.0 Å². The van der Waals surface area contributed by atoms with Crippen LogP contribution in [0.25, 0.3) is 0 Å². The van der Waals surface area contributed by atoms with E-state index < -0.39 is 28.5 Å². The lowest BCUT2D eigenvalue weighted by Gasteiger charge is -2.27. The van der Waals surface area contributed by atoms with Gasteiger partial charge in [-0.1, -0.05) is 17.7 Å². The molecule has 1 N–H and O–H groups in total. The summed E-state index contributed by atoms with van der Waals surface area (Å²) in [6, 6.07) is 13.6. The quantitative estimate of drug-likeness (QED) is 0.382. The number of rotatable bonds is 10. The van der Waals surface area contributed by atoms with Gasteiger partial charge in [-0.05, 0) is 55.0 Å². The number of fused-ring (bicyclic) bond motifs is 1. The molecule has 1 unspecified atom stereocenters. The molecule has 39 heavy (non-hydrogen) atoms. The highest BCUT2D eigenvalue weighted by molar-refractivity contribution is 7.92. The summed E-state index contributed by atoms with van der Waals surface area (Å²) in [6.45, 7) is 2.14. The van der Waals surface area contributed by atoms with Crippen LogP contribution >= 0.6 is 11.6 Å². The maximum Gasteiger partial charge on any atom is 0.265 e. The van der Waals surface area contributed by atoms with Crippen LogP contribution in [0, 0.1) is 0 Å². The second-order valence-corrected chi connectivity index (χ2v) is 10.8. The number of benzene rings is 3. The van der Waals surface area contributed by atoms with E-state index in [0.29, 0.717) is 30.5 Å². The summed E-state index contributed by atoms with van der Waals surface area (Å²) in [7, 11) is -0.0578. The molecular formula is C27H29ClN2O8S. The Morgan fingerprint density at radius 1 is 0.923 bits per heavy atom. The molecule has 0 aromatic heterocycles. The van der Waals surface area contributed by atoms with Gasteiger partial charge in [-0.25, -0.2) is 8.42 Å². The highest BCUT2D eigenvalue weighted by atomic mass is 35.5. The van der Waals surface area contributed by atoms with Gasteiger partial charge in [-0.2, -0.15) is 0 Å². The van der Waals surface area contributed by atoms with Crippen LogP contribution in [0.4, 0.5) is 5.69 Å². The van der Waals surface area contributed by atoms with Crippen molar-refractivity contribution in [2.24, 2.45) is 0 Å². The fourth-order valence-electron chi connectivity index (χ4n) is 4.09. The van der Waals surface area contributed by atoms with Gasteiger partial charge >= 0.3 is 0 Å². The minimum absolute atomic E-state index is 0.0990. The van der Waals surface area contributed by atoms with Crippen molar-refractivity contribution in [3.8, 4) is 28.7 Å². The van der Waals surface area contributed by atoms with Crippen LogP contribution in [0.3, 0.4) is 0 Å². The van der Waals surface area contributed by atoms with E-state index in [1.54, 1.807) is 25.1 Å². The minimum atomic E-state index is -4.31. The molecule has 1 amide bonds. The van der Waals surface area contributed by atoms with Gasteiger partial charge in [0.05, 0.1) is 38.0 Å². The van der Waals surface area contributed by atoms with E-state index in [1.165, 1.54) is 51.7 Å². The molecular weight excluding hydrogens is 548 g/mol. The standard InChI is InChI=1S/C27H29ClN2O8S/c1-17(18-5-8-24-26(13-18)38-12-11-37-24)29-27(31)16-30(21-14-19(28)6-9-22(21)34-2)39(32,33)20-7-10-23(35-3)25(15-20)36-4/h5-10,13-15,17H,11-12,16H2,1-4H3,(H,29,31). The number of hydrogen-bond acceptors (Lipinski definition) is 8. The number of nitrogens with zero attached hydrogens (tertiary/aromatic N) is 1. The van der Waals surface area contributed by atoms with E-state index >= 15 is 0 Å². The highest BCUT2D eigenvalue weighted by Crippen LogP contribution is 2.37. The summed E-state index contributed by atoms with van der Waals surface area (Å²) < 4.78 is 56.0. The minimum Gasteiger partial charge on any atom is -0.495 e. The molecule has 208 valence electrons. The maximum absolute atomic E-state index is 14.0. The van der Waals surface area contributed by atoms with Gasteiger partial charge in [0.1, 0.15) is 25.5 Å². The van der Waals surface area contributed by atoms with Crippen molar-refractivity contribution < 1.29 is 36.9 Å². The number of halogens is 1. The van der Waals surface area contributed by atoms with Gasteiger partial charge in [0.15, 0.2) is 23.0 Å². The molecule has 0 aliphatic carbocycles. The first-order valence-corrected chi connectivity index (χ1v) is 13.8. The molecule has 0 fully saturated rings. The second kappa shape index (κ2) is 11.9. The Balaban J connectivity index is 1.67. The number of carbonyl (C=O) groups is 1. The first-order chi connectivity index (χ1) is 18.7. The molecule has 1 heterocycles. The summed E-state index contributed by atoms with van der Waals surface area (Å²) >= 11 is 6.22. The monoisotopic (exact) mass is 576 g/mol. The highest BCUT2D eigenvalue weighted by Gasteiger charge is 2.31. The zero-order valence-corrected chi connectivity index (χ0v) is 23.5. The zero-order valence-electron chi connectivity index (χ0n) is 21.9. The van der Waals surface area contributed by atoms with Crippen LogP contribution in [0.1, 0.15) is 18.5 Å². The van der Waals surface area contributed by atoms with Crippen LogP contribution in [0.2, 0.25) is 5.02 Å². The molecule has 0 bridgehead atoms. The summed E-state index contributed by atoms with van der Waals surface area (Å²) in [5, 5.41) is 3.13. The molecule has 0 saturated carbocycles. The Labute approximate surface area is 232 Å². The predicted molar refractivity (Wildman–Crippen MR) is 146 cm³/mol. The van der Waals surface area contributed by atoms with Crippen molar-refractivity contribution in [1.82, 2.24) is 5.32 Å². The third-order valence-electron chi connectivity index (χ3n) is 6.08. The van der Waals surface area contributed by atoms with Crippen molar-refractivity contribution in [2.75, 3.05) is 45.4 Å². The number of sulfonamides is 1. The fourth-order valence-corrected chi connectivity index (χ4v) is 5.70. The van der Waals surface area contributed by atoms with Crippen LogP contribution in [-0.2, 0) is 14.8 Å². The molecule has 12 heteroatoms. The lowest BCUT2D eigenvalue weighted by atomic mass is 10.1. The summed E-state index contributed by atoms with van der Waals surface area (Å²) in [5.41, 5.74) is 0.865. The molecule has 1 aliphatic heterocycles. The molecule has 0 radical (unpaired) electrons. The Bertz CT molecular complexity index is 1460. The van der Waals surface area contributed by atoms with Crippen LogP contribution < -0.4 is 33.3 Å². The van der Waals surface area contributed by atoms with Crippen LogP contribution in [0.5, 0.6) is 28.7 Å². The van der Waals surface area contributed by atoms with E-state index in [0.717, 1.165) is 9.87 Å². The molecule has 1 aliphatic rings. The second-order valence-electron chi connectivity index (χ2n) is 8.54. The van der Waals surface area contributed by atoms with Gasteiger partial charge in [-0.15, -0.1) is 0 Å². The Morgan fingerprint density at radius 3 is 2.28 bits per heavy atom. The third-order valence-corrected chi connectivity index (χ3v) is 8.07. The summed E-state index contributed by atoms with van der Waals surface area (Å²) in [6.07, 6.45) is 0. The molecule has 3 aromatic rings. The number of carbonyl (C=O) groups excluding carboxylic acids is 1. The van der Waals surface area contributed by atoms with Gasteiger partial charge in [-0.3, -0.25) is 9.10 Å². The normalized spacial score (nSPS) is 13.3. The topological polar surface area (TPSA) is 113 Å². The Morgan fingerprint density at radius 2 is 1.59 bits per heavy atom. The van der Waals surface area contributed by atoms with Gasteiger partial charge in [0.2, 0.25) is 5.91 Å². The van der Waals surface area contributed by atoms with Crippen LogP contribution in [0.15, 0.2) is 59.5 Å². The van der Waals surface area contributed by atoms with Crippen molar-refractivity contribution in [3.05, 3.63) is 65.2 Å². The number of amides is 1. The van der Waals surface area contributed by atoms with E-state index in [2.05, 4.69) is 5.32 Å². The van der Waals surface area contributed by atoms with Crippen molar-refractivity contribution >= 4 is 33.2 Å². The Kier molecular flexibility index (Phi) is 8.61. The molecule has 10 nitrogen and oxygen atoms in total. The number of hydrogen-bond donors (Lipinski definition) is 1. The molecule has 4 rings (SSSR count). The van der Waals surface area contributed by atoms with Gasteiger partial charge < -0.3 is 29.0 Å². The summed E-state index contributed by atoms with van der Waals surface area (Å²) in [4.78, 5) is 13.2. The summed E-state index contributed by atoms with van der Waals surface area (Å²) in [5.74, 6) is 1.45. The van der Waals surface area contributed by atoms with E-state index in [4.69, 9.17) is 35.3 Å². The van der Waals surface area contributed by atoms with E-state index in [9.17, 15) is 13.2 Å². The number of ether oxygens (including phenoxy) is 5. The smallest absolute Gasteiger partial charge is 0.265 e. The average molecular weight is 577 g/mol. The third kappa shape index (κ3) is 6.10. The first-order valence-electron chi connectivity index (χ1n) is 11.9. The number of nitrogens with one attached hydrogen (secondary N) is 1. The SMILES string of the molecule is COc1ccc(S(=O)(=O)N(CC(=O)NC(C)c2ccc3c(c2)OCCO3)c2cc(Cl)ccc2OC)cc1OC. The molecule has 1 atom stereocenters. The largest absolute Gasteiger partial charge is 0.495 e. The van der Waals surface area contributed by atoms with E-state index in [-0.39, 0.29) is 27.1 Å². The van der Waals surface area contributed by atoms with Crippen molar-refractivity contribution in [3.63, 3.8) is 0 Å². The number of methoxy groups -OCH3 is 3. The fraction of sp³-hybridized carbons (Fsp3) is 0.296. The van der Waals surface area contributed by atoms with Crippen molar-refractivity contribution in [1.29, 1.82) is 0 Å². The lowest BCUT2D eigenvalue weighted by Crippen LogP contribution is -2.41.